The van der Waals surface area contributed by atoms with Crippen LogP contribution in [0.25, 0.3) is 11.4 Å². The molecule has 1 aromatic carbocycles. The van der Waals surface area contributed by atoms with E-state index in [9.17, 15) is 18.0 Å². The van der Waals surface area contributed by atoms with Crippen LogP contribution in [0.4, 0.5) is 13.2 Å². The summed E-state index contributed by atoms with van der Waals surface area (Å²) in [4.78, 5) is 15.2. The zero-order valence-electron chi connectivity index (χ0n) is 13.1. The van der Waals surface area contributed by atoms with Crippen LogP contribution in [0.5, 0.6) is 0 Å². The molecular formula is C15H16F3N3O3. The lowest BCUT2D eigenvalue weighted by molar-refractivity contribution is -0.159. The monoisotopic (exact) mass is 343 g/mol. The number of alkyl halides is 3. The summed E-state index contributed by atoms with van der Waals surface area (Å²) in [6, 6.07) is 5.84. The van der Waals surface area contributed by atoms with Crippen LogP contribution in [0.3, 0.4) is 0 Å². The second kappa shape index (κ2) is 7.43. The molecule has 0 spiro atoms. The van der Waals surface area contributed by atoms with Crippen molar-refractivity contribution in [1.29, 1.82) is 0 Å². The van der Waals surface area contributed by atoms with Crippen LogP contribution < -0.4 is 5.32 Å². The topological polar surface area (TPSA) is 77.2 Å². The molecule has 1 heterocycles. The van der Waals surface area contributed by atoms with Crippen molar-refractivity contribution >= 4 is 5.91 Å². The summed E-state index contributed by atoms with van der Waals surface area (Å²) in [7, 11) is 0. The Hall–Kier alpha value is -2.42. The van der Waals surface area contributed by atoms with Crippen LogP contribution >= 0.6 is 0 Å². The van der Waals surface area contributed by atoms with Gasteiger partial charge in [0.1, 0.15) is 0 Å². The number of hydrogen-bond donors (Lipinski definition) is 1. The molecule has 1 amide bonds. The van der Waals surface area contributed by atoms with Gasteiger partial charge in [-0.3, -0.25) is 4.79 Å². The number of carbonyl (C=O) groups excluding carboxylic acids is 1. The molecule has 0 aliphatic heterocycles. The zero-order valence-corrected chi connectivity index (χ0v) is 13.1. The molecule has 0 aliphatic carbocycles. The second-order valence-electron chi connectivity index (χ2n) is 5.17. The third-order valence-corrected chi connectivity index (χ3v) is 2.91. The van der Waals surface area contributed by atoms with Gasteiger partial charge in [-0.15, -0.1) is 0 Å². The van der Waals surface area contributed by atoms with Gasteiger partial charge in [-0.05, 0) is 26.0 Å². The third kappa shape index (κ3) is 4.79. The quantitative estimate of drug-likeness (QED) is 0.816. The standard InChI is InChI=1S/C15H16F3N3O3/c1-9(2)23-8-7-19-13(22)11-5-3-10(4-6-11)12-20-14(24-21-12)15(16,17)18/h3-6,9H,7-8H2,1-2H3,(H,19,22). The van der Waals surface area contributed by atoms with Gasteiger partial charge in [-0.25, -0.2) is 0 Å². The minimum atomic E-state index is -4.69. The van der Waals surface area contributed by atoms with E-state index in [-0.39, 0.29) is 17.8 Å². The molecule has 130 valence electrons. The molecule has 2 rings (SSSR count). The first kappa shape index (κ1) is 17.9. The van der Waals surface area contributed by atoms with E-state index in [0.29, 0.717) is 24.3 Å². The van der Waals surface area contributed by atoms with E-state index in [4.69, 9.17) is 4.74 Å². The second-order valence-corrected chi connectivity index (χ2v) is 5.17. The highest BCUT2D eigenvalue weighted by atomic mass is 19.4. The normalized spacial score (nSPS) is 11.8. The van der Waals surface area contributed by atoms with E-state index in [2.05, 4.69) is 20.0 Å². The number of ether oxygens (including phenoxy) is 1. The van der Waals surface area contributed by atoms with Crippen molar-refractivity contribution in [2.45, 2.75) is 26.1 Å². The number of nitrogens with zero attached hydrogens (tertiary/aromatic N) is 2. The maximum Gasteiger partial charge on any atom is 0.471 e. The smallest absolute Gasteiger partial charge is 0.377 e. The van der Waals surface area contributed by atoms with Crippen molar-refractivity contribution in [2.24, 2.45) is 0 Å². The molecule has 0 atom stereocenters. The zero-order chi connectivity index (χ0) is 17.7. The maximum atomic E-state index is 12.4. The number of amides is 1. The molecular weight excluding hydrogens is 327 g/mol. The Morgan fingerprint density at radius 2 is 1.96 bits per heavy atom. The van der Waals surface area contributed by atoms with Crippen LogP contribution in [-0.2, 0) is 10.9 Å². The summed E-state index contributed by atoms with van der Waals surface area (Å²) in [6.45, 7) is 4.54. The first-order valence-corrected chi connectivity index (χ1v) is 7.18. The van der Waals surface area contributed by atoms with Crippen LogP contribution in [0.15, 0.2) is 28.8 Å². The van der Waals surface area contributed by atoms with Gasteiger partial charge in [0.05, 0.1) is 12.7 Å². The fraction of sp³-hybridized carbons (Fsp3) is 0.400. The predicted molar refractivity (Wildman–Crippen MR) is 78.2 cm³/mol. The molecule has 1 aromatic heterocycles. The Bertz CT molecular complexity index is 681. The van der Waals surface area contributed by atoms with Crippen molar-refractivity contribution < 1.29 is 27.2 Å². The predicted octanol–water partition coefficient (Wildman–Crippen LogP) is 2.91. The van der Waals surface area contributed by atoms with Gasteiger partial charge in [0, 0.05) is 17.7 Å². The lowest BCUT2D eigenvalue weighted by atomic mass is 10.1. The summed E-state index contributed by atoms with van der Waals surface area (Å²) in [5, 5.41) is 5.96. The van der Waals surface area contributed by atoms with E-state index in [0.717, 1.165) is 0 Å². The molecule has 0 fully saturated rings. The first-order valence-electron chi connectivity index (χ1n) is 7.18. The number of benzene rings is 1. The van der Waals surface area contributed by atoms with Crippen molar-refractivity contribution in [3.05, 3.63) is 35.7 Å². The largest absolute Gasteiger partial charge is 0.471 e. The lowest BCUT2D eigenvalue weighted by Gasteiger charge is -2.08. The number of nitrogens with one attached hydrogen (secondary N) is 1. The molecule has 0 saturated heterocycles. The summed E-state index contributed by atoms with van der Waals surface area (Å²) in [5.74, 6) is -1.91. The molecule has 6 nitrogen and oxygen atoms in total. The Balaban J connectivity index is 1.97. The fourth-order valence-electron chi connectivity index (χ4n) is 1.79. The molecule has 0 radical (unpaired) electrons. The third-order valence-electron chi connectivity index (χ3n) is 2.91. The van der Waals surface area contributed by atoms with Crippen LogP contribution in [-0.4, -0.2) is 35.3 Å². The SMILES string of the molecule is CC(C)OCCNC(=O)c1ccc(-c2noc(C(F)(F)F)n2)cc1. The maximum absolute atomic E-state index is 12.4. The highest BCUT2D eigenvalue weighted by Crippen LogP contribution is 2.29. The number of rotatable bonds is 6. The van der Waals surface area contributed by atoms with Gasteiger partial charge >= 0.3 is 12.1 Å². The van der Waals surface area contributed by atoms with Gasteiger partial charge in [-0.2, -0.15) is 18.2 Å². The molecule has 9 heteroatoms. The van der Waals surface area contributed by atoms with Crippen molar-refractivity contribution in [1.82, 2.24) is 15.5 Å². The van der Waals surface area contributed by atoms with Gasteiger partial charge in [0.25, 0.3) is 5.91 Å². The number of halogens is 3. The first-order chi connectivity index (χ1) is 11.3. The van der Waals surface area contributed by atoms with E-state index >= 15 is 0 Å². The highest BCUT2D eigenvalue weighted by molar-refractivity contribution is 5.94. The number of hydrogen-bond acceptors (Lipinski definition) is 5. The van der Waals surface area contributed by atoms with Gasteiger partial charge in [0.15, 0.2) is 0 Å². The molecule has 24 heavy (non-hydrogen) atoms. The average molecular weight is 343 g/mol. The summed E-state index contributed by atoms with van der Waals surface area (Å²) < 4.78 is 46.7. The van der Waals surface area contributed by atoms with Gasteiger partial charge < -0.3 is 14.6 Å². The van der Waals surface area contributed by atoms with E-state index in [1.807, 2.05) is 13.8 Å². The Kier molecular flexibility index (Phi) is 5.55. The Morgan fingerprint density at radius 1 is 1.29 bits per heavy atom. The van der Waals surface area contributed by atoms with E-state index in [1.54, 1.807) is 0 Å². The molecule has 0 saturated carbocycles. The lowest BCUT2D eigenvalue weighted by Crippen LogP contribution is -2.28. The van der Waals surface area contributed by atoms with E-state index in [1.165, 1.54) is 24.3 Å². The van der Waals surface area contributed by atoms with Crippen molar-refractivity contribution in [3.63, 3.8) is 0 Å². The fourth-order valence-corrected chi connectivity index (χ4v) is 1.79. The number of carbonyl (C=O) groups is 1. The van der Waals surface area contributed by atoms with E-state index < -0.39 is 12.1 Å². The minimum Gasteiger partial charge on any atom is -0.377 e. The average Bonchev–Trinajstić information content (AvgIpc) is 3.01. The van der Waals surface area contributed by atoms with Gasteiger partial charge in [0.2, 0.25) is 5.82 Å². The Morgan fingerprint density at radius 3 is 2.50 bits per heavy atom. The number of aromatic nitrogens is 2. The molecule has 0 unspecified atom stereocenters. The molecule has 1 N–H and O–H groups in total. The van der Waals surface area contributed by atoms with Crippen molar-refractivity contribution in [3.8, 4) is 11.4 Å². The van der Waals surface area contributed by atoms with Crippen LogP contribution in [0, 0.1) is 0 Å². The van der Waals surface area contributed by atoms with Crippen LogP contribution in [0.2, 0.25) is 0 Å². The molecule has 2 aromatic rings. The van der Waals surface area contributed by atoms with Gasteiger partial charge in [-0.1, -0.05) is 17.3 Å². The summed E-state index contributed by atoms with van der Waals surface area (Å²) in [6.07, 6.45) is -4.61. The highest BCUT2D eigenvalue weighted by Gasteiger charge is 2.38. The minimum absolute atomic E-state index is 0.0812. The van der Waals surface area contributed by atoms with Crippen LogP contribution in [0.1, 0.15) is 30.1 Å². The summed E-state index contributed by atoms with van der Waals surface area (Å²) >= 11 is 0. The Labute approximate surface area is 136 Å². The summed E-state index contributed by atoms with van der Waals surface area (Å²) in [5.41, 5.74) is 0.678. The molecule has 0 bridgehead atoms. The van der Waals surface area contributed by atoms with Crippen molar-refractivity contribution in [2.75, 3.05) is 13.2 Å². The molecule has 0 aliphatic rings.